The van der Waals surface area contributed by atoms with E-state index in [0.717, 1.165) is 24.3 Å². The van der Waals surface area contributed by atoms with Crippen molar-refractivity contribution in [3.63, 3.8) is 0 Å². The molecular weight excluding hydrogens is 413 g/mol. The number of fused-ring (bicyclic) bond motifs is 2. The van der Waals surface area contributed by atoms with E-state index in [1.165, 1.54) is 0 Å². The first-order valence-electron chi connectivity index (χ1n) is 9.17. The highest BCUT2D eigenvalue weighted by Crippen LogP contribution is 2.47. The number of halogens is 2. The highest BCUT2D eigenvalue weighted by molar-refractivity contribution is 9.10. The molecule has 2 unspecified atom stereocenters. The first-order chi connectivity index (χ1) is 13.2. The van der Waals surface area contributed by atoms with Crippen LogP contribution in [0.2, 0.25) is 0 Å². The number of nitrogens with one attached hydrogen (secondary N) is 1. The van der Waals surface area contributed by atoms with Crippen molar-refractivity contribution in [2.75, 3.05) is 19.9 Å². The maximum absolute atomic E-state index is 13.7. The Bertz CT molecular complexity index is 880. The average molecular weight is 432 g/mol. The van der Waals surface area contributed by atoms with Gasteiger partial charge >= 0.3 is 0 Å². The van der Waals surface area contributed by atoms with Crippen LogP contribution in [0, 0.1) is 11.8 Å². The first kappa shape index (κ1) is 17.2. The van der Waals surface area contributed by atoms with Crippen molar-refractivity contribution in [1.82, 2.24) is 5.32 Å². The van der Waals surface area contributed by atoms with Gasteiger partial charge in [-0.2, -0.15) is 0 Å². The highest BCUT2D eigenvalue weighted by Gasteiger charge is 2.54. The molecule has 0 bridgehead atoms. The predicted octanol–water partition coefficient (Wildman–Crippen LogP) is 3.69. The molecule has 2 fully saturated rings. The van der Waals surface area contributed by atoms with Crippen molar-refractivity contribution in [2.24, 2.45) is 11.8 Å². The smallest absolute Gasteiger partial charge is 0.251 e. The lowest BCUT2D eigenvalue weighted by Gasteiger charge is -2.16. The maximum Gasteiger partial charge on any atom is 0.251 e. The Labute approximate surface area is 165 Å². The molecule has 27 heavy (non-hydrogen) atoms. The Morgan fingerprint density at radius 1 is 1.19 bits per heavy atom. The molecule has 5 atom stereocenters. The lowest BCUT2D eigenvalue weighted by atomic mass is 9.88. The summed E-state index contributed by atoms with van der Waals surface area (Å²) in [6.45, 7) is 0.866. The van der Waals surface area contributed by atoms with E-state index in [-0.39, 0.29) is 17.9 Å². The van der Waals surface area contributed by atoms with E-state index in [1.807, 2.05) is 36.4 Å². The molecule has 0 spiro atoms. The summed E-state index contributed by atoms with van der Waals surface area (Å²) in [6, 6.07) is 13.5. The second-order valence-corrected chi connectivity index (χ2v) is 8.29. The maximum atomic E-state index is 13.7. The van der Waals surface area contributed by atoms with Crippen LogP contribution in [0.1, 0.15) is 27.4 Å². The summed E-state index contributed by atoms with van der Waals surface area (Å²) in [4.78, 5) is 12.8. The average Bonchev–Trinajstić information content (AvgIpc) is 3.05. The van der Waals surface area contributed by atoms with Crippen LogP contribution >= 0.6 is 15.9 Å². The molecule has 1 amide bonds. The van der Waals surface area contributed by atoms with Crippen LogP contribution in [-0.2, 0) is 4.74 Å². The summed E-state index contributed by atoms with van der Waals surface area (Å²) in [5.74, 6) is 1.18. The van der Waals surface area contributed by atoms with Crippen LogP contribution in [0.5, 0.6) is 5.75 Å². The number of carbonyl (C=O) groups is 1. The second kappa shape index (κ2) is 6.60. The third-order valence-corrected chi connectivity index (χ3v) is 6.46. The molecule has 2 aromatic rings. The first-order valence-corrected chi connectivity index (χ1v) is 9.96. The summed E-state index contributed by atoms with van der Waals surface area (Å²) in [7, 11) is 0. The Kier molecular flexibility index (Phi) is 4.20. The number of carbonyl (C=O) groups excluding carboxylic acids is 1. The number of alkyl halides is 1. The zero-order chi connectivity index (χ0) is 18.5. The fraction of sp³-hybridized carbons (Fsp3) is 0.381. The Morgan fingerprint density at radius 3 is 2.63 bits per heavy atom. The molecule has 0 aromatic heterocycles. The second-order valence-electron chi connectivity index (χ2n) is 7.44. The summed E-state index contributed by atoms with van der Waals surface area (Å²) in [5, 5.41) is 3.12. The number of benzene rings is 2. The lowest BCUT2D eigenvalue weighted by molar-refractivity contribution is 0.0929. The van der Waals surface area contributed by atoms with Gasteiger partial charge in [-0.25, -0.2) is 4.39 Å². The molecule has 1 saturated heterocycles. The minimum absolute atomic E-state index is 0.103. The molecule has 0 radical (unpaired) electrons. The largest absolute Gasteiger partial charge is 0.485 e. The number of hydrogen-bond acceptors (Lipinski definition) is 3. The Balaban J connectivity index is 1.46. The van der Waals surface area contributed by atoms with Crippen LogP contribution in [-0.4, -0.2) is 37.9 Å². The molecule has 1 saturated carbocycles. The van der Waals surface area contributed by atoms with Gasteiger partial charge in [-0.1, -0.05) is 30.3 Å². The van der Waals surface area contributed by atoms with Gasteiger partial charge in [-0.3, -0.25) is 4.79 Å². The molecule has 2 aliphatic heterocycles. The summed E-state index contributed by atoms with van der Waals surface area (Å²) in [5.41, 5.74) is 2.40. The van der Waals surface area contributed by atoms with E-state index in [0.29, 0.717) is 27.6 Å². The minimum Gasteiger partial charge on any atom is -0.485 e. The number of ether oxygens (including phenoxy) is 2. The quantitative estimate of drug-likeness (QED) is 0.802. The van der Waals surface area contributed by atoms with Crippen LogP contribution in [0.25, 0.3) is 0 Å². The molecule has 1 aliphatic carbocycles. The van der Waals surface area contributed by atoms with Crippen LogP contribution in [0.4, 0.5) is 4.39 Å². The van der Waals surface area contributed by atoms with Crippen molar-refractivity contribution >= 4 is 21.8 Å². The van der Waals surface area contributed by atoms with Crippen molar-refractivity contribution in [3.8, 4) is 5.75 Å². The normalized spacial score (nSPS) is 30.4. The van der Waals surface area contributed by atoms with E-state index in [1.54, 1.807) is 6.07 Å². The molecule has 2 heterocycles. The number of amides is 1. The van der Waals surface area contributed by atoms with Gasteiger partial charge in [-0.05, 0) is 33.6 Å². The molecule has 1 N–H and O–H groups in total. The zero-order valence-electron chi connectivity index (χ0n) is 14.5. The summed E-state index contributed by atoms with van der Waals surface area (Å²) in [6.07, 6.45) is -0.586. The monoisotopic (exact) mass is 431 g/mol. The standard InChI is InChI=1S/C21H19BrFNO3/c22-16-7-12(21(25)24-19-14-9-26-10-15(14)19)6-13-18(11-4-2-1-3-5-11)17(8-23)27-20(13)16/h1-7,14-15,17-19H,8-10H2,(H,24,25)/t14-,15?,17-,18+,19?/m1/s1. The van der Waals surface area contributed by atoms with Gasteiger partial charge < -0.3 is 14.8 Å². The lowest BCUT2D eigenvalue weighted by Crippen LogP contribution is -2.30. The molecule has 2 aromatic carbocycles. The SMILES string of the molecule is O=C(NC1C2COC[C@H]21)c1cc(Br)c2c(c1)[C@H](c1ccccc1)[C@@H](CF)O2. The molecular formula is C21H19BrFNO3. The van der Waals surface area contributed by atoms with E-state index in [2.05, 4.69) is 21.2 Å². The molecule has 140 valence electrons. The van der Waals surface area contributed by atoms with Crippen LogP contribution in [0.3, 0.4) is 0 Å². The van der Waals surface area contributed by atoms with Gasteiger partial charge in [0.2, 0.25) is 0 Å². The van der Waals surface area contributed by atoms with Crippen LogP contribution < -0.4 is 10.1 Å². The van der Waals surface area contributed by atoms with Crippen molar-refractivity contribution in [2.45, 2.75) is 18.1 Å². The van der Waals surface area contributed by atoms with Crippen LogP contribution in [0.15, 0.2) is 46.9 Å². The van der Waals surface area contributed by atoms with Crippen molar-refractivity contribution in [1.29, 1.82) is 0 Å². The van der Waals surface area contributed by atoms with E-state index in [9.17, 15) is 9.18 Å². The third kappa shape index (κ3) is 2.86. The molecule has 4 nitrogen and oxygen atoms in total. The third-order valence-electron chi connectivity index (χ3n) is 5.87. The fourth-order valence-electron chi connectivity index (χ4n) is 4.38. The minimum atomic E-state index is -0.590. The predicted molar refractivity (Wildman–Crippen MR) is 102 cm³/mol. The summed E-state index contributed by atoms with van der Waals surface area (Å²) < 4.78 is 25.6. The number of hydrogen-bond donors (Lipinski definition) is 1. The van der Waals surface area contributed by atoms with Gasteiger partial charge in [0.05, 0.1) is 23.6 Å². The summed E-state index contributed by atoms with van der Waals surface area (Å²) >= 11 is 3.51. The van der Waals surface area contributed by atoms with Gasteiger partial charge in [0.1, 0.15) is 18.5 Å². The Hall–Kier alpha value is -1.92. The fourth-order valence-corrected chi connectivity index (χ4v) is 4.95. The van der Waals surface area contributed by atoms with Gasteiger partial charge in [0.15, 0.2) is 0 Å². The van der Waals surface area contributed by atoms with Crippen molar-refractivity contribution < 1.29 is 18.7 Å². The highest BCUT2D eigenvalue weighted by atomic mass is 79.9. The van der Waals surface area contributed by atoms with Gasteiger partial charge in [0.25, 0.3) is 5.91 Å². The van der Waals surface area contributed by atoms with E-state index >= 15 is 0 Å². The van der Waals surface area contributed by atoms with Gasteiger partial charge in [-0.15, -0.1) is 0 Å². The number of rotatable bonds is 4. The molecule has 5 rings (SSSR count). The Morgan fingerprint density at radius 2 is 1.93 bits per heavy atom. The molecule has 6 heteroatoms. The van der Waals surface area contributed by atoms with Gasteiger partial charge in [0, 0.05) is 29.0 Å². The topological polar surface area (TPSA) is 47.6 Å². The van der Waals surface area contributed by atoms with E-state index < -0.39 is 12.8 Å². The zero-order valence-corrected chi connectivity index (χ0v) is 16.1. The molecule has 3 aliphatic rings. The van der Waals surface area contributed by atoms with Crippen molar-refractivity contribution in [3.05, 3.63) is 63.6 Å². The van der Waals surface area contributed by atoms with E-state index in [4.69, 9.17) is 9.47 Å².